The number of fused-ring (bicyclic) bond motifs is 3. The maximum absolute atomic E-state index is 13.9. The number of halogens is 1. The van der Waals surface area contributed by atoms with Gasteiger partial charge in [0.25, 0.3) is 0 Å². The second-order valence-corrected chi connectivity index (χ2v) is 11.4. The van der Waals surface area contributed by atoms with Crippen LogP contribution in [0.25, 0.3) is 0 Å². The van der Waals surface area contributed by atoms with Crippen LogP contribution < -0.4 is 9.64 Å². The van der Waals surface area contributed by atoms with Gasteiger partial charge in [-0.1, -0.05) is 17.7 Å². The minimum atomic E-state index is -0.633. The summed E-state index contributed by atoms with van der Waals surface area (Å²) in [5.41, 5.74) is 3.25. The van der Waals surface area contributed by atoms with Crippen LogP contribution in [0.15, 0.2) is 76.9 Å². The number of rotatable bonds is 3. The molecule has 38 heavy (non-hydrogen) atoms. The average molecular weight is 621 g/mol. The number of phenolic OH excluding ortho intramolecular Hbond substituents is 1. The van der Waals surface area contributed by atoms with Gasteiger partial charge in [-0.3, -0.25) is 24.1 Å². The molecular formula is C30H24INO6. The van der Waals surface area contributed by atoms with Crippen LogP contribution in [0.5, 0.6) is 11.5 Å². The van der Waals surface area contributed by atoms with E-state index in [1.165, 1.54) is 24.2 Å². The first-order valence-corrected chi connectivity index (χ1v) is 13.5. The molecule has 1 heterocycles. The maximum Gasteiger partial charge on any atom is 0.238 e. The Morgan fingerprint density at radius 1 is 1.00 bits per heavy atom. The number of hydrogen-bond acceptors (Lipinski definition) is 6. The van der Waals surface area contributed by atoms with E-state index in [0.29, 0.717) is 34.4 Å². The molecule has 4 aliphatic rings. The molecule has 0 saturated carbocycles. The molecule has 0 radical (unpaired) electrons. The summed E-state index contributed by atoms with van der Waals surface area (Å²) in [5, 5.41) is 10.2. The lowest BCUT2D eigenvalue weighted by atomic mass is 9.59. The summed E-state index contributed by atoms with van der Waals surface area (Å²) in [6.07, 6.45) is 3.95. The molecule has 192 valence electrons. The fourth-order valence-electron chi connectivity index (χ4n) is 6.48. The number of methoxy groups -OCH3 is 1. The van der Waals surface area contributed by atoms with E-state index in [-0.39, 0.29) is 41.3 Å². The zero-order chi connectivity index (χ0) is 26.9. The molecule has 3 aliphatic carbocycles. The average Bonchev–Trinajstić information content (AvgIpc) is 3.16. The number of hydrogen-bond donors (Lipinski definition) is 1. The summed E-state index contributed by atoms with van der Waals surface area (Å²) in [5.74, 6) is -2.90. The topological polar surface area (TPSA) is 101 Å². The summed E-state index contributed by atoms with van der Waals surface area (Å²) < 4.78 is 6.33. The molecule has 7 nitrogen and oxygen atoms in total. The highest BCUT2D eigenvalue weighted by Gasteiger charge is 2.56. The van der Waals surface area contributed by atoms with Gasteiger partial charge < -0.3 is 9.84 Å². The van der Waals surface area contributed by atoms with Crippen LogP contribution >= 0.6 is 22.6 Å². The van der Waals surface area contributed by atoms with Crippen molar-refractivity contribution in [2.45, 2.75) is 25.7 Å². The highest BCUT2D eigenvalue weighted by Crippen LogP contribution is 2.55. The van der Waals surface area contributed by atoms with E-state index in [0.717, 1.165) is 9.14 Å². The van der Waals surface area contributed by atoms with Gasteiger partial charge in [-0.15, -0.1) is 0 Å². The molecule has 1 aliphatic heterocycles. The quantitative estimate of drug-likeness (QED) is 0.232. The van der Waals surface area contributed by atoms with Crippen molar-refractivity contribution >= 4 is 51.7 Å². The zero-order valence-electron chi connectivity index (χ0n) is 20.7. The van der Waals surface area contributed by atoms with Crippen LogP contribution in [0.1, 0.15) is 31.2 Å². The predicted octanol–water partition coefficient (Wildman–Crippen LogP) is 4.64. The fraction of sp³-hybridized carbons (Fsp3) is 0.267. The number of Topliss-reactive ketones (excluding diaryl/α,β-unsaturated/α-hetero) is 1. The van der Waals surface area contributed by atoms with Crippen LogP contribution in [0, 0.1) is 21.3 Å². The molecule has 0 aromatic heterocycles. The minimum Gasteiger partial charge on any atom is -0.504 e. The van der Waals surface area contributed by atoms with E-state index in [4.69, 9.17) is 4.74 Å². The first-order chi connectivity index (χ1) is 18.2. The molecule has 1 saturated heterocycles. The van der Waals surface area contributed by atoms with E-state index in [2.05, 4.69) is 22.6 Å². The number of ketones is 2. The minimum absolute atomic E-state index is 0.0398. The number of aromatic hydroxyl groups is 1. The molecule has 0 bridgehead atoms. The molecule has 8 heteroatoms. The third-order valence-corrected chi connectivity index (χ3v) is 8.90. The van der Waals surface area contributed by atoms with Gasteiger partial charge in [0, 0.05) is 26.2 Å². The van der Waals surface area contributed by atoms with E-state index >= 15 is 0 Å². The summed E-state index contributed by atoms with van der Waals surface area (Å²) in [7, 11) is 1.45. The van der Waals surface area contributed by atoms with Crippen molar-refractivity contribution < 1.29 is 29.0 Å². The van der Waals surface area contributed by atoms with Crippen molar-refractivity contribution in [1.82, 2.24) is 0 Å². The van der Waals surface area contributed by atoms with Gasteiger partial charge in [0.2, 0.25) is 11.8 Å². The van der Waals surface area contributed by atoms with Crippen LogP contribution in [0.4, 0.5) is 5.69 Å². The summed E-state index contributed by atoms with van der Waals surface area (Å²) >= 11 is 2.17. The van der Waals surface area contributed by atoms with Gasteiger partial charge in [-0.2, -0.15) is 0 Å². The van der Waals surface area contributed by atoms with Gasteiger partial charge in [0.05, 0.1) is 24.6 Å². The molecule has 1 N–H and O–H groups in total. The highest BCUT2D eigenvalue weighted by molar-refractivity contribution is 14.1. The standard InChI is InChI=1S/C30H24INO6/c1-14-11-23(34)27-21(28(14)35)13-20-18(25(27)15-3-10-22(33)24(12-15)38-2)8-9-19-26(20)30(37)32(29(19)36)17-6-4-16(31)5-7-17/h3-8,10-12,19-20,25-26,33H,9,13H2,1-2H3. The van der Waals surface area contributed by atoms with Gasteiger partial charge in [0.1, 0.15) is 0 Å². The van der Waals surface area contributed by atoms with Gasteiger partial charge in [-0.05, 0) is 96.3 Å². The Morgan fingerprint density at radius 2 is 1.74 bits per heavy atom. The summed E-state index contributed by atoms with van der Waals surface area (Å²) in [6, 6.07) is 12.1. The van der Waals surface area contributed by atoms with Crippen molar-refractivity contribution in [3.63, 3.8) is 0 Å². The van der Waals surface area contributed by atoms with Crippen molar-refractivity contribution in [1.29, 1.82) is 0 Å². The lowest BCUT2D eigenvalue weighted by Gasteiger charge is -2.42. The zero-order valence-corrected chi connectivity index (χ0v) is 22.9. The molecule has 0 spiro atoms. The third-order valence-electron chi connectivity index (χ3n) is 8.18. The number of nitrogens with zero attached hydrogens (tertiary/aromatic N) is 1. The Balaban J connectivity index is 1.49. The van der Waals surface area contributed by atoms with Gasteiger partial charge >= 0.3 is 0 Å². The number of phenols is 1. The first-order valence-electron chi connectivity index (χ1n) is 12.4. The van der Waals surface area contributed by atoms with E-state index in [1.807, 2.05) is 18.2 Å². The van der Waals surface area contributed by atoms with Crippen molar-refractivity contribution in [2.75, 3.05) is 12.0 Å². The number of ether oxygens (including phenoxy) is 1. The Hall–Kier alpha value is -3.53. The molecular weight excluding hydrogens is 597 g/mol. The predicted molar refractivity (Wildman–Crippen MR) is 148 cm³/mol. The smallest absolute Gasteiger partial charge is 0.238 e. The molecule has 4 atom stereocenters. The Morgan fingerprint density at radius 3 is 2.45 bits per heavy atom. The van der Waals surface area contributed by atoms with E-state index in [1.54, 1.807) is 31.2 Å². The molecule has 2 amide bonds. The van der Waals surface area contributed by atoms with Crippen LogP contribution in [0.3, 0.4) is 0 Å². The van der Waals surface area contributed by atoms with Crippen LogP contribution in [-0.4, -0.2) is 35.6 Å². The number of benzene rings is 2. The van der Waals surface area contributed by atoms with E-state index < -0.39 is 23.7 Å². The van der Waals surface area contributed by atoms with Crippen LogP contribution in [0.2, 0.25) is 0 Å². The van der Waals surface area contributed by atoms with Crippen molar-refractivity contribution in [3.8, 4) is 11.5 Å². The normalized spacial score (nSPS) is 26.6. The SMILES string of the molecule is COc1cc(C2C3=CCC4C(=O)N(c5ccc(I)cc5)C(=O)C4C3CC3=C2C(=O)C=C(C)C3=O)ccc1O. The number of carbonyl (C=O) groups excluding carboxylic acids is 4. The number of amides is 2. The Bertz CT molecular complexity index is 1530. The number of allylic oxidation sites excluding steroid dienone is 6. The number of anilines is 1. The molecule has 2 aromatic carbocycles. The third kappa shape index (κ3) is 3.60. The molecule has 2 aromatic rings. The van der Waals surface area contributed by atoms with Gasteiger partial charge in [-0.25, -0.2) is 0 Å². The highest BCUT2D eigenvalue weighted by atomic mass is 127. The Labute approximate surface area is 233 Å². The summed E-state index contributed by atoms with van der Waals surface area (Å²) in [4.78, 5) is 55.4. The second-order valence-electron chi connectivity index (χ2n) is 10.1. The van der Waals surface area contributed by atoms with Crippen molar-refractivity contribution in [2.24, 2.45) is 17.8 Å². The number of imide groups is 1. The maximum atomic E-state index is 13.9. The van der Waals surface area contributed by atoms with E-state index in [9.17, 15) is 24.3 Å². The Kier molecular flexibility index (Phi) is 5.90. The monoisotopic (exact) mass is 621 g/mol. The lowest BCUT2D eigenvalue weighted by molar-refractivity contribution is -0.123. The fourth-order valence-corrected chi connectivity index (χ4v) is 6.84. The largest absolute Gasteiger partial charge is 0.504 e. The van der Waals surface area contributed by atoms with Gasteiger partial charge in [0.15, 0.2) is 23.1 Å². The van der Waals surface area contributed by atoms with Crippen molar-refractivity contribution in [3.05, 3.63) is 86.0 Å². The molecule has 4 unspecified atom stereocenters. The molecule has 6 rings (SSSR count). The molecule has 1 fully saturated rings. The van der Waals surface area contributed by atoms with Crippen LogP contribution in [-0.2, 0) is 19.2 Å². The second kappa shape index (κ2) is 9.04. The first kappa shape index (κ1) is 24.8. The summed E-state index contributed by atoms with van der Waals surface area (Å²) in [6.45, 7) is 1.63. The lowest BCUT2D eigenvalue weighted by Crippen LogP contribution is -2.39. The number of carbonyl (C=O) groups is 4.